The number of carbonyl (C=O) groups excluding carboxylic acids is 3. The minimum absolute atomic E-state index is 0.0188. The fraction of sp³-hybridized carbons (Fsp3) is 0.0357. The van der Waals surface area contributed by atoms with Crippen LogP contribution in [0.5, 0.6) is 0 Å². The average molecular weight is 577 g/mol. The quantitative estimate of drug-likeness (QED) is 0.163. The number of anilines is 2. The van der Waals surface area contributed by atoms with Gasteiger partial charge in [0, 0.05) is 27.9 Å². The van der Waals surface area contributed by atoms with Crippen molar-refractivity contribution in [3.8, 4) is 0 Å². The molecular formula is C28H24N4O6S2. The molecule has 12 heteroatoms. The number of hydrogen-bond donors (Lipinski definition) is 4. The van der Waals surface area contributed by atoms with Crippen LogP contribution in [-0.4, -0.2) is 31.9 Å². The Labute approximate surface area is 234 Å². The van der Waals surface area contributed by atoms with Gasteiger partial charge in [0.05, 0.1) is 16.9 Å². The highest BCUT2D eigenvalue weighted by Crippen LogP contribution is 2.23. The molecule has 4 rings (SSSR count). The number of carbonyl (C=O) groups is 3. The van der Waals surface area contributed by atoms with Crippen molar-refractivity contribution in [2.75, 3.05) is 16.4 Å². The Balaban J connectivity index is 1.39. The van der Waals surface area contributed by atoms with E-state index in [1.165, 1.54) is 48.4 Å². The topological polar surface area (TPSA) is 161 Å². The fourth-order valence-electron chi connectivity index (χ4n) is 3.39. The molecule has 0 saturated carbocycles. The van der Waals surface area contributed by atoms with Gasteiger partial charge in [-0.15, -0.1) is 11.8 Å². The van der Waals surface area contributed by atoms with Gasteiger partial charge in [0.1, 0.15) is 11.5 Å². The maximum absolute atomic E-state index is 13.1. The summed E-state index contributed by atoms with van der Waals surface area (Å²) in [6.45, 7) is 0. The predicted molar refractivity (Wildman–Crippen MR) is 153 cm³/mol. The van der Waals surface area contributed by atoms with Crippen LogP contribution in [0.4, 0.5) is 11.4 Å². The average Bonchev–Trinajstić information content (AvgIpc) is 3.45. The van der Waals surface area contributed by atoms with Gasteiger partial charge >= 0.3 is 0 Å². The maximum atomic E-state index is 13.1. The first-order valence-electron chi connectivity index (χ1n) is 11.8. The fourth-order valence-corrected chi connectivity index (χ4v) is 4.66. The van der Waals surface area contributed by atoms with E-state index in [-0.39, 0.29) is 22.3 Å². The van der Waals surface area contributed by atoms with E-state index in [1.54, 1.807) is 66.7 Å². The molecule has 3 amide bonds. The Bertz CT molecular complexity index is 1640. The maximum Gasteiger partial charge on any atom is 0.272 e. The van der Waals surface area contributed by atoms with Gasteiger partial charge in [-0.2, -0.15) is 0 Å². The number of rotatable bonds is 10. The van der Waals surface area contributed by atoms with Crippen LogP contribution < -0.4 is 21.1 Å². The first-order chi connectivity index (χ1) is 19.2. The van der Waals surface area contributed by atoms with Gasteiger partial charge in [-0.3, -0.25) is 14.4 Å². The Hall–Kier alpha value is -4.65. The molecule has 0 bridgehead atoms. The molecular weight excluding hydrogens is 552 g/mol. The molecule has 5 N–H and O–H groups in total. The van der Waals surface area contributed by atoms with Crippen LogP contribution in [0.15, 0.2) is 117 Å². The molecule has 0 atom stereocenters. The number of thioether (sulfide) groups is 1. The first kappa shape index (κ1) is 28.4. The van der Waals surface area contributed by atoms with Crippen molar-refractivity contribution in [2.24, 2.45) is 5.14 Å². The summed E-state index contributed by atoms with van der Waals surface area (Å²) in [6, 6.07) is 24.2. The molecule has 204 valence electrons. The van der Waals surface area contributed by atoms with E-state index in [9.17, 15) is 22.8 Å². The normalized spacial score (nSPS) is 11.5. The zero-order valence-corrected chi connectivity index (χ0v) is 22.5. The molecule has 40 heavy (non-hydrogen) atoms. The van der Waals surface area contributed by atoms with E-state index in [1.807, 2.05) is 0 Å². The van der Waals surface area contributed by atoms with Gasteiger partial charge in [0.15, 0.2) is 0 Å². The molecule has 0 spiro atoms. The molecule has 1 heterocycles. The standard InChI is InChI=1S/C28H24N4O6S2/c29-40(36,37)24-13-11-20(12-14-24)30-26(33)18-39-23-10-4-8-21(16-23)31-28(35)25(17-22-9-5-15-38-22)32-27(34)19-6-2-1-3-7-19/h1-17H,18H2,(H,30,33)(H,31,35)(H,32,34)(H2,29,36,37)/b25-17-. The summed E-state index contributed by atoms with van der Waals surface area (Å²) in [4.78, 5) is 38.9. The molecule has 4 aromatic rings. The van der Waals surface area contributed by atoms with Crippen molar-refractivity contribution >= 4 is 57.0 Å². The van der Waals surface area contributed by atoms with E-state index < -0.39 is 21.8 Å². The lowest BCUT2D eigenvalue weighted by molar-refractivity contribution is -0.114. The third-order valence-electron chi connectivity index (χ3n) is 5.29. The summed E-state index contributed by atoms with van der Waals surface area (Å²) in [7, 11) is -3.82. The van der Waals surface area contributed by atoms with Crippen molar-refractivity contribution < 1.29 is 27.2 Å². The lowest BCUT2D eigenvalue weighted by Gasteiger charge is -2.12. The third-order valence-corrected chi connectivity index (χ3v) is 7.21. The predicted octanol–water partition coefficient (Wildman–Crippen LogP) is 4.07. The largest absolute Gasteiger partial charge is 0.465 e. The van der Waals surface area contributed by atoms with Crippen LogP contribution in [0, 0.1) is 0 Å². The van der Waals surface area contributed by atoms with E-state index in [0.29, 0.717) is 27.6 Å². The van der Waals surface area contributed by atoms with E-state index in [0.717, 1.165) is 0 Å². The molecule has 3 aromatic carbocycles. The smallest absolute Gasteiger partial charge is 0.272 e. The monoisotopic (exact) mass is 576 g/mol. The number of hydrogen-bond acceptors (Lipinski definition) is 7. The number of sulfonamides is 1. The number of furan rings is 1. The van der Waals surface area contributed by atoms with Gasteiger partial charge in [0.2, 0.25) is 15.9 Å². The van der Waals surface area contributed by atoms with Crippen LogP contribution in [-0.2, 0) is 19.6 Å². The minimum atomic E-state index is -3.82. The summed E-state index contributed by atoms with van der Waals surface area (Å²) < 4.78 is 28.0. The number of amides is 3. The van der Waals surface area contributed by atoms with Crippen molar-refractivity contribution in [1.82, 2.24) is 5.32 Å². The summed E-state index contributed by atoms with van der Waals surface area (Å²) in [5.74, 6) is -0.889. The van der Waals surface area contributed by atoms with Gasteiger partial charge in [-0.1, -0.05) is 24.3 Å². The molecule has 10 nitrogen and oxygen atoms in total. The Morgan fingerprint density at radius 3 is 2.27 bits per heavy atom. The van der Waals surface area contributed by atoms with Gasteiger partial charge in [-0.05, 0) is 66.7 Å². The lowest BCUT2D eigenvalue weighted by Crippen LogP contribution is -2.30. The molecule has 1 aromatic heterocycles. The third kappa shape index (κ3) is 8.17. The van der Waals surface area contributed by atoms with Crippen LogP contribution in [0.1, 0.15) is 16.1 Å². The molecule has 0 aliphatic rings. The highest BCUT2D eigenvalue weighted by Gasteiger charge is 2.16. The second kappa shape index (κ2) is 12.9. The van der Waals surface area contributed by atoms with Crippen LogP contribution in [0.25, 0.3) is 6.08 Å². The molecule has 0 fully saturated rings. The molecule has 0 unspecified atom stereocenters. The summed E-state index contributed by atoms with van der Waals surface area (Å²) in [5.41, 5.74) is 1.24. The van der Waals surface area contributed by atoms with Crippen molar-refractivity contribution in [1.29, 1.82) is 0 Å². The van der Waals surface area contributed by atoms with Gasteiger partial charge < -0.3 is 20.4 Å². The van der Waals surface area contributed by atoms with E-state index >= 15 is 0 Å². The minimum Gasteiger partial charge on any atom is -0.465 e. The zero-order chi connectivity index (χ0) is 28.5. The Kier molecular flexibility index (Phi) is 9.17. The number of benzene rings is 3. The number of nitrogens with two attached hydrogens (primary N) is 1. The van der Waals surface area contributed by atoms with Gasteiger partial charge in [0.25, 0.3) is 11.8 Å². The number of primary sulfonamides is 1. The van der Waals surface area contributed by atoms with Crippen molar-refractivity contribution in [2.45, 2.75) is 9.79 Å². The molecule has 0 radical (unpaired) electrons. The molecule has 0 aliphatic carbocycles. The highest BCUT2D eigenvalue weighted by atomic mass is 32.2. The van der Waals surface area contributed by atoms with Crippen LogP contribution in [0.3, 0.4) is 0 Å². The number of nitrogens with one attached hydrogen (secondary N) is 3. The Morgan fingerprint density at radius 1 is 0.850 bits per heavy atom. The van der Waals surface area contributed by atoms with E-state index in [4.69, 9.17) is 9.56 Å². The van der Waals surface area contributed by atoms with Crippen LogP contribution >= 0.6 is 11.8 Å². The summed E-state index contributed by atoms with van der Waals surface area (Å²) in [6.07, 6.45) is 2.88. The first-order valence-corrected chi connectivity index (χ1v) is 14.3. The van der Waals surface area contributed by atoms with E-state index in [2.05, 4.69) is 16.0 Å². The Morgan fingerprint density at radius 2 is 1.60 bits per heavy atom. The highest BCUT2D eigenvalue weighted by molar-refractivity contribution is 8.00. The summed E-state index contributed by atoms with van der Waals surface area (Å²) >= 11 is 1.24. The van der Waals surface area contributed by atoms with Crippen molar-refractivity contribution in [3.05, 3.63) is 114 Å². The second-order valence-corrected chi connectivity index (χ2v) is 10.9. The lowest BCUT2D eigenvalue weighted by atomic mass is 10.2. The van der Waals surface area contributed by atoms with Crippen LogP contribution in [0.2, 0.25) is 0 Å². The van der Waals surface area contributed by atoms with Gasteiger partial charge in [-0.25, -0.2) is 13.6 Å². The van der Waals surface area contributed by atoms with Crippen molar-refractivity contribution in [3.63, 3.8) is 0 Å². The zero-order valence-electron chi connectivity index (χ0n) is 20.9. The molecule has 0 aliphatic heterocycles. The SMILES string of the molecule is NS(=O)(=O)c1ccc(NC(=O)CSc2cccc(NC(=O)/C(=C/c3ccco3)NC(=O)c3ccccc3)c2)cc1. The summed E-state index contributed by atoms with van der Waals surface area (Å²) in [5, 5.41) is 13.2. The second-order valence-electron chi connectivity index (χ2n) is 8.28. The molecule has 0 saturated heterocycles.